The Kier molecular flexibility index (Phi) is 5.26. The van der Waals surface area contributed by atoms with E-state index in [0.717, 1.165) is 6.07 Å². The summed E-state index contributed by atoms with van der Waals surface area (Å²) < 4.78 is 13.4. The third kappa shape index (κ3) is 4.72. The van der Waals surface area contributed by atoms with Gasteiger partial charge in [-0.15, -0.1) is 0 Å². The minimum Gasteiger partial charge on any atom is -0.288 e. The third-order valence-electron chi connectivity index (χ3n) is 1.85. The van der Waals surface area contributed by atoms with E-state index in [2.05, 4.69) is 11.8 Å². The molecule has 2 nitrogen and oxygen atoms in total. The second-order valence-corrected chi connectivity index (χ2v) is 4.47. The van der Waals surface area contributed by atoms with Gasteiger partial charge in [0.05, 0.1) is 17.2 Å². The van der Waals surface area contributed by atoms with E-state index in [0.29, 0.717) is 12.2 Å². The van der Waals surface area contributed by atoms with Crippen LogP contribution in [0.3, 0.4) is 0 Å². The van der Waals surface area contributed by atoms with Crippen molar-refractivity contribution in [3.63, 3.8) is 0 Å². The molecule has 1 aromatic rings. The number of carbonyl (C=O) groups is 1. The van der Waals surface area contributed by atoms with E-state index in [-0.39, 0.29) is 16.2 Å². The number of hydrogen-bond acceptors (Lipinski definition) is 3. The zero-order chi connectivity index (χ0) is 12.7. The van der Waals surface area contributed by atoms with E-state index in [1.807, 2.05) is 6.07 Å². The Morgan fingerprint density at radius 2 is 2.29 bits per heavy atom. The smallest absolute Gasteiger partial charge is 0.185 e. The van der Waals surface area contributed by atoms with Crippen LogP contribution in [0.15, 0.2) is 18.2 Å². The molecule has 0 atom stereocenters. The van der Waals surface area contributed by atoms with Crippen LogP contribution in [0.25, 0.3) is 0 Å². The molecule has 86 valence electrons. The second-order valence-electron chi connectivity index (χ2n) is 3.20. The molecule has 0 heterocycles. The lowest BCUT2D eigenvalue weighted by Gasteiger charge is -1.94. The lowest BCUT2D eigenvalue weighted by atomic mass is 10.1. The van der Waals surface area contributed by atoms with Gasteiger partial charge in [0.15, 0.2) is 5.12 Å². The minimum absolute atomic E-state index is 0.0522. The number of halogens is 1. The molecule has 0 bridgehead atoms. The Labute approximate surface area is 104 Å². The highest BCUT2D eigenvalue weighted by Crippen LogP contribution is 2.09. The Bertz CT molecular complexity index is 522. The van der Waals surface area contributed by atoms with Crippen molar-refractivity contribution in [2.24, 2.45) is 0 Å². The second kappa shape index (κ2) is 6.73. The van der Waals surface area contributed by atoms with E-state index in [9.17, 15) is 9.18 Å². The summed E-state index contributed by atoms with van der Waals surface area (Å²) in [6, 6.07) is 6.03. The van der Waals surface area contributed by atoms with E-state index in [1.165, 1.54) is 30.8 Å². The summed E-state index contributed by atoms with van der Waals surface area (Å²) in [5.41, 5.74) is 0.553. The Morgan fingerprint density at radius 3 is 2.88 bits per heavy atom. The number of nitrogens with zero attached hydrogens (tertiary/aromatic N) is 1. The van der Waals surface area contributed by atoms with Crippen molar-refractivity contribution in [1.29, 1.82) is 5.26 Å². The molecule has 1 aromatic carbocycles. The van der Waals surface area contributed by atoms with Crippen molar-refractivity contribution >= 4 is 16.9 Å². The van der Waals surface area contributed by atoms with Crippen LogP contribution in [-0.4, -0.2) is 10.9 Å². The van der Waals surface area contributed by atoms with Crippen molar-refractivity contribution in [1.82, 2.24) is 0 Å². The minimum atomic E-state index is -0.490. The summed E-state index contributed by atoms with van der Waals surface area (Å²) in [6.45, 7) is 1.50. The number of carbonyl (C=O) groups excluding carboxylic acids is 1. The normalized spacial score (nSPS) is 9.00. The van der Waals surface area contributed by atoms with Gasteiger partial charge in [0, 0.05) is 19.1 Å². The molecule has 0 N–H and O–H groups in total. The number of hydrogen-bond donors (Lipinski definition) is 0. The molecule has 0 saturated heterocycles. The van der Waals surface area contributed by atoms with E-state index in [1.54, 1.807) is 0 Å². The van der Waals surface area contributed by atoms with E-state index in [4.69, 9.17) is 5.26 Å². The summed E-state index contributed by atoms with van der Waals surface area (Å²) in [5.74, 6) is 5.59. The van der Waals surface area contributed by atoms with E-state index < -0.39 is 5.82 Å². The van der Waals surface area contributed by atoms with Crippen LogP contribution >= 0.6 is 11.8 Å². The molecule has 4 heteroatoms. The van der Waals surface area contributed by atoms with Gasteiger partial charge >= 0.3 is 0 Å². The molecular weight excluding hydrogens is 237 g/mol. The quantitative estimate of drug-likeness (QED) is 0.596. The first-order valence-corrected chi connectivity index (χ1v) is 5.94. The van der Waals surface area contributed by atoms with Crippen LogP contribution in [0.4, 0.5) is 4.39 Å². The average Bonchev–Trinajstić information content (AvgIpc) is 2.30. The van der Waals surface area contributed by atoms with Gasteiger partial charge in [-0.05, 0) is 18.2 Å². The van der Waals surface area contributed by atoms with Crippen molar-refractivity contribution in [3.8, 4) is 17.9 Å². The van der Waals surface area contributed by atoms with Crippen LogP contribution in [-0.2, 0) is 4.79 Å². The predicted octanol–water partition coefficient (Wildman–Crippen LogP) is 2.72. The Hall–Kier alpha value is -1.78. The Morgan fingerprint density at radius 1 is 1.53 bits per heavy atom. The van der Waals surface area contributed by atoms with Crippen LogP contribution in [0.2, 0.25) is 0 Å². The fourth-order valence-electron chi connectivity index (χ4n) is 1.09. The average molecular weight is 247 g/mol. The van der Waals surface area contributed by atoms with Crippen molar-refractivity contribution < 1.29 is 9.18 Å². The van der Waals surface area contributed by atoms with Gasteiger partial charge < -0.3 is 0 Å². The number of nitriles is 1. The fraction of sp³-hybridized carbons (Fsp3) is 0.231. The molecule has 0 saturated carbocycles. The largest absolute Gasteiger partial charge is 0.288 e. The zero-order valence-corrected chi connectivity index (χ0v) is 10.1. The summed E-state index contributed by atoms with van der Waals surface area (Å²) in [4.78, 5) is 10.6. The Balaban J connectivity index is 2.60. The standard InChI is InChI=1S/C13H10FNOS/c1-10(16)17-7-3-2-4-12-6-5-11(9-15)8-13(12)14/h5-6,8H,3,7H2,1H3. The first-order chi connectivity index (χ1) is 8.13. The fourth-order valence-corrected chi connectivity index (χ4v) is 1.58. The predicted molar refractivity (Wildman–Crippen MR) is 65.7 cm³/mol. The topological polar surface area (TPSA) is 40.9 Å². The van der Waals surface area contributed by atoms with Gasteiger partial charge in [-0.2, -0.15) is 5.26 Å². The van der Waals surface area contributed by atoms with Gasteiger partial charge in [0.1, 0.15) is 5.82 Å². The summed E-state index contributed by atoms with van der Waals surface area (Å²) in [6.07, 6.45) is 0.531. The molecule has 17 heavy (non-hydrogen) atoms. The third-order valence-corrected chi connectivity index (χ3v) is 2.67. The van der Waals surface area contributed by atoms with Gasteiger partial charge in [-0.25, -0.2) is 4.39 Å². The molecule has 0 amide bonds. The first-order valence-electron chi connectivity index (χ1n) is 4.95. The zero-order valence-electron chi connectivity index (χ0n) is 9.29. The highest BCUT2D eigenvalue weighted by molar-refractivity contribution is 8.13. The molecule has 0 radical (unpaired) electrons. The molecule has 0 spiro atoms. The van der Waals surface area contributed by atoms with Crippen LogP contribution in [0.5, 0.6) is 0 Å². The lowest BCUT2D eigenvalue weighted by molar-refractivity contribution is -0.109. The number of rotatable bonds is 2. The molecule has 0 aliphatic rings. The van der Waals surface area contributed by atoms with Gasteiger partial charge in [-0.3, -0.25) is 4.79 Å². The van der Waals surface area contributed by atoms with Crippen LogP contribution in [0.1, 0.15) is 24.5 Å². The van der Waals surface area contributed by atoms with E-state index >= 15 is 0 Å². The van der Waals surface area contributed by atoms with Crippen molar-refractivity contribution in [2.75, 3.05) is 5.75 Å². The van der Waals surface area contributed by atoms with Crippen LogP contribution in [0, 0.1) is 29.0 Å². The molecule has 0 aliphatic heterocycles. The summed E-state index contributed by atoms with van der Waals surface area (Å²) in [7, 11) is 0. The number of benzene rings is 1. The highest BCUT2D eigenvalue weighted by atomic mass is 32.2. The first kappa shape index (κ1) is 13.3. The van der Waals surface area contributed by atoms with Crippen molar-refractivity contribution in [3.05, 3.63) is 35.1 Å². The summed E-state index contributed by atoms with van der Waals surface area (Å²) in [5, 5.41) is 8.62. The molecule has 1 rings (SSSR count). The molecule has 0 unspecified atom stereocenters. The maximum Gasteiger partial charge on any atom is 0.185 e. The molecule has 0 aliphatic carbocycles. The maximum atomic E-state index is 13.4. The van der Waals surface area contributed by atoms with Gasteiger partial charge in [0.25, 0.3) is 0 Å². The van der Waals surface area contributed by atoms with Crippen LogP contribution < -0.4 is 0 Å². The maximum absolute atomic E-state index is 13.4. The lowest BCUT2D eigenvalue weighted by Crippen LogP contribution is -1.86. The van der Waals surface area contributed by atoms with Gasteiger partial charge in [0.2, 0.25) is 0 Å². The highest BCUT2D eigenvalue weighted by Gasteiger charge is 1.99. The molecular formula is C13H10FNOS. The van der Waals surface area contributed by atoms with Gasteiger partial charge in [-0.1, -0.05) is 23.6 Å². The molecule has 0 aromatic heterocycles. The summed E-state index contributed by atoms with van der Waals surface area (Å²) >= 11 is 1.20. The molecule has 0 fully saturated rings. The van der Waals surface area contributed by atoms with Crippen molar-refractivity contribution in [2.45, 2.75) is 13.3 Å². The monoisotopic (exact) mass is 247 g/mol. The SMILES string of the molecule is CC(=O)SCCC#Cc1ccc(C#N)cc1F. The number of thioether (sulfide) groups is 1.